The number of anilines is 1. The SMILES string of the molecule is COc1ccc(C=NNC(=O)CC(=O)Nc2ccc(C)cc2C)c(C)c1. The van der Waals surface area contributed by atoms with Crippen molar-refractivity contribution in [3.05, 3.63) is 58.7 Å². The van der Waals surface area contributed by atoms with Gasteiger partial charge in [0.25, 0.3) is 0 Å². The number of hydrogen-bond acceptors (Lipinski definition) is 4. The molecule has 0 aliphatic rings. The second-order valence-electron chi connectivity index (χ2n) is 6.06. The number of hydrazone groups is 1. The van der Waals surface area contributed by atoms with Gasteiger partial charge in [-0.15, -0.1) is 0 Å². The highest BCUT2D eigenvalue weighted by Gasteiger charge is 2.10. The Hall–Kier alpha value is -3.15. The molecule has 0 aromatic heterocycles. The molecule has 2 amide bonds. The van der Waals surface area contributed by atoms with Gasteiger partial charge in [-0.2, -0.15) is 5.10 Å². The molecule has 0 spiro atoms. The van der Waals surface area contributed by atoms with E-state index in [0.717, 1.165) is 28.0 Å². The van der Waals surface area contributed by atoms with Gasteiger partial charge in [0.1, 0.15) is 12.2 Å². The third-order valence-corrected chi connectivity index (χ3v) is 3.85. The van der Waals surface area contributed by atoms with Gasteiger partial charge in [-0.25, -0.2) is 5.43 Å². The predicted octanol–water partition coefficient (Wildman–Crippen LogP) is 3.10. The molecule has 6 nitrogen and oxygen atoms in total. The summed E-state index contributed by atoms with van der Waals surface area (Å²) < 4.78 is 5.14. The average Bonchev–Trinajstić information content (AvgIpc) is 2.58. The minimum absolute atomic E-state index is 0.299. The molecule has 6 heteroatoms. The number of ether oxygens (including phenoxy) is 1. The van der Waals surface area contributed by atoms with E-state index in [-0.39, 0.29) is 12.3 Å². The Labute approximate surface area is 153 Å². The standard InChI is InChI=1S/C20H23N3O3/c1-13-5-8-18(15(3)9-13)22-19(24)11-20(25)23-21-12-16-6-7-17(26-4)10-14(16)2/h5-10,12H,11H2,1-4H3,(H,22,24)(H,23,25). The fraction of sp³-hybridized carbons (Fsp3) is 0.250. The highest BCUT2D eigenvalue weighted by Crippen LogP contribution is 2.16. The van der Waals surface area contributed by atoms with Crippen molar-refractivity contribution in [1.29, 1.82) is 0 Å². The Morgan fingerprint density at radius 3 is 2.46 bits per heavy atom. The zero-order chi connectivity index (χ0) is 19.1. The normalized spacial score (nSPS) is 10.6. The smallest absolute Gasteiger partial charge is 0.249 e. The Morgan fingerprint density at radius 1 is 1.04 bits per heavy atom. The minimum Gasteiger partial charge on any atom is -0.497 e. The molecule has 2 aromatic carbocycles. The lowest BCUT2D eigenvalue weighted by Gasteiger charge is -2.08. The van der Waals surface area contributed by atoms with Crippen LogP contribution in [0.15, 0.2) is 41.5 Å². The first-order valence-corrected chi connectivity index (χ1v) is 8.22. The fourth-order valence-electron chi connectivity index (χ4n) is 2.43. The molecule has 0 atom stereocenters. The largest absolute Gasteiger partial charge is 0.497 e. The molecule has 0 saturated carbocycles. The van der Waals surface area contributed by atoms with Crippen LogP contribution in [-0.2, 0) is 9.59 Å². The summed E-state index contributed by atoms with van der Waals surface area (Å²) in [5.41, 5.74) is 6.95. The number of amides is 2. The van der Waals surface area contributed by atoms with Crippen molar-refractivity contribution in [2.24, 2.45) is 5.10 Å². The number of aryl methyl sites for hydroxylation is 3. The zero-order valence-corrected chi connectivity index (χ0v) is 15.4. The first kappa shape index (κ1) is 19.2. The summed E-state index contributed by atoms with van der Waals surface area (Å²) in [6, 6.07) is 11.2. The number of hydrogen-bond donors (Lipinski definition) is 2. The van der Waals surface area contributed by atoms with Crippen molar-refractivity contribution < 1.29 is 14.3 Å². The van der Waals surface area contributed by atoms with E-state index in [1.807, 2.05) is 57.2 Å². The number of nitrogens with zero attached hydrogens (tertiary/aromatic N) is 1. The molecule has 0 saturated heterocycles. The summed E-state index contributed by atoms with van der Waals surface area (Å²) >= 11 is 0. The van der Waals surface area contributed by atoms with Crippen molar-refractivity contribution in [2.45, 2.75) is 27.2 Å². The van der Waals surface area contributed by atoms with Crippen LogP contribution in [0.3, 0.4) is 0 Å². The minimum atomic E-state index is -0.477. The van der Waals surface area contributed by atoms with Gasteiger partial charge in [-0.1, -0.05) is 17.7 Å². The molecule has 2 N–H and O–H groups in total. The number of carbonyl (C=O) groups excluding carboxylic acids is 2. The van der Waals surface area contributed by atoms with Crippen molar-refractivity contribution >= 4 is 23.7 Å². The molecule has 0 unspecified atom stereocenters. The van der Waals surface area contributed by atoms with Crippen molar-refractivity contribution in [3.63, 3.8) is 0 Å². The molecule has 0 radical (unpaired) electrons. The molecule has 136 valence electrons. The lowest BCUT2D eigenvalue weighted by atomic mass is 10.1. The number of methoxy groups -OCH3 is 1. The lowest BCUT2D eigenvalue weighted by Crippen LogP contribution is -2.24. The molecule has 0 aliphatic heterocycles. The third-order valence-electron chi connectivity index (χ3n) is 3.85. The van der Waals surface area contributed by atoms with E-state index in [0.29, 0.717) is 5.69 Å². The molecular formula is C20H23N3O3. The molecule has 0 aliphatic carbocycles. The van der Waals surface area contributed by atoms with Gasteiger partial charge in [0.05, 0.1) is 13.3 Å². The van der Waals surface area contributed by atoms with E-state index in [4.69, 9.17) is 4.74 Å². The summed E-state index contributed by atoms with van der Waals surface area (Å²) in [6.45, 7) is 5.81. The van der Waals surface area contributed by atoms with Gasteiger partial charge in [-0.3, -0.25) is 9.59 Å². The van der Waals surface area contributed by atoms with E-state index in [9.17, 15) is 9.59 Å². The molecule has 0 heterocycles. The average molecular weight is 353 g/mol. The van der Waals surface area contributed by atoms with Crippen LogP contribution in [0.25, 0.3) is 0 Å². The van der Waals surface area contributed by atoms with E-state index >= 15 is 0 Å². The number of nitrogens with one attached hydrogen (secondary N) is 2. The van der Waals surface area contributed by atoms with Gasteiger partial charge in [0.15, 0.2) is 0 Å². The van der Waals surface area contributed by atoms with Crippen LogP contribution in [0, 0.1) is 20.8 Å². The molecular weight excluding hydrogens is 330 g/mol. The maximum Gasteiger partial charge on any atom is 0.249 e. The number of rotatable bonds is 6. The van der Waals surface area contributed by atoms with E-state index in [2.05, 4.69) is 15.8 Å². The van der Waals surface area contributed by atoms with Crippen molar-refractivity contribution in [3.8, 4) is 5.75 Å². The summed E-state index contributed by atoms with van der Waals surface area (Å²) in [6.07, 6.45) is 1.24. The Balaban J connectivity index is 1.87. The van der Waals surface area contributed by atoms with Crippen molar-refractivity contribution in [2.75, 3.05) is 12.4 Å². The van der Waals surface area contributed by atoms with E-state index in [1.165, 1.54) is 6.21 Å². The van der Waals surface area contributed by atoms with Gasteiger partial charge < -0.3 is 10.1 Å². The maximum absolute atomic E-state index is 12.0. The van der Waals surface area contributed by atoms with Crippen LogP contribution in [0.5, 0.6) is 5.75 Å². The summed E-state index contributed by atoms with van der Waals surface area (Å²) in [7, 11) is 1.60. The maximum atomic E-state index is 12.0. The second-order valence-corrected chi connectivity index (χ2v) is 6.06. The van der Waals surface area contributed by atoms with Crippen LogP contribution >= 0.6 is 0 Å². The molecule has 2 aromatic rings. The fourth-order valence-corrected chi connectivity index (χ4v) is 2.43. The third kappa shape index (κ3) is 5.44. The van der Waals surface area contributed by atoms with Crippen LogP contribution in [0.1, 0.15) is 28.7 Å². The van der Waals surface area contributed by atoms with Crippen molar-refractivity contribution in [1.82, 2.24) is 5.43 Å². The lowest BCUT2D eigenvalue weighted by molar-refractivity contribution is -0.126. The Kier molecular flexibility index (Phi) is 6.49. The monoisotopic (exact) mass is 353 g/mol. The summed E-state index contributed by atoms with van der Waals surface area (Å²) in [5.74, 6) is -0.105. The van der Waals surface area contributed by atoms with Crippen LogP contribution in [-0.4, -0.2) is 25.1 Å². The molecule has 2 rings (SSSR count). The topological polar surface area (TPSA) is 79.8 Å². The van der Waals surface area contributed by atoms with Gasteiger partial charge in [0, 0.05) is 5.69 Å². The Morgan fingerprint density at radius 2 is 1.81 bits per heavy atom. The van der Waals surface area contributed by atoms with Gasteiger partial charge >= 0.3 is 0 Å². The molecule has 0 fully saturated rings. The van der Waals surface area contributed by atoms with Gasteiger partial charge in [0.2, 0.25) is 11.8 Å². The highest BCUT2D eigenvalue weighted by molar-refractivity contribution is 6.04. The molecule has 0 bridgehead atoms. The number of carbonyl (C=O) groups is 2. The summed E-state index contributed by atoms with van der Waals surface area (Å²) in [4.78, 5) is 23.8. The second kappa shape index (κ2) is 8.80. The van der Waals surface area contributed by atoms with Crippen LogP contribution in [0.4, 0.5) is 5.69 Å². The van der Waals surface area contributed by atoms with Crippen LogP contribution in [0.2, 0.25) is 0 Å². The quantitative estimate of drug-likeness (QED) is 0.476. The molecule has 26 heavy (non-hydrogen) atoms. The first-order valence-electron chi connectivity index (χ1n) is 8.22. The van der Waals surface area contributed by atoms with Gasteiger partial charge in [-0.05, 0) is 61.7 Å². The highest BCUT2D eigenvalue weighted by atomic mass is 16.5. The van der Waals surface area contributed by atoms with E-state index in [1.54, 1.807) is 7.11 Å². The van der Waals surface area contributed by atoms with Crippen LogP contribution < -0.4 is 15.5 Å². The van der Waals surface area contributed by atoms with E-state index < -0.39 is 5.91 Å². The first-order chi connectivity index (χ1) is 12.4. The number of benzene rings is 2. The predicted molar refractivity (Wildman–Crippen MR) is 103 cm³/mol. The summed E-state index contributed by atoms with van der Waals surface area (Å²) in [5, 5.41) is 6.63. The zero-order valence-electron chi connectivity index (χ0n) is 15.4. The Bertz CT molecular complexity index is 844.